The maximum Gasteiger partial charge on any atom is 0.0348 e. The van der Waals surface area contributed by atoms with Crippen LogP contribution >= 0.6 is 11.3 Å². The van der Waals surface area contributed by atoms with Gasteiger partial charge in [-0.2, -0.15) is 0 Å². The molecule has 2 heteroatoms. The molecule has 18 heavy (non-hydrogen) atoms. The van der Waals surface area contributed by atoms with E-state index in [0.717, 1.165) is 13.0 Å². The Morgan fingerprint density at radius 2 is 2.00 bits per heavy atom. The van der Waals surface area contributed by atoms with Crippen LogP contribution < -0.4 is 5.32 Å². The molecule has 0 saturated carbocycles. The Hall–Kier alpha value is -0.860. The SMILES string of the molecule is CC(C)NCCc1csc2cc3c(cc12)CCC3. The van der Waals surface area contributed by atoms with Gasteiger partial charge in [-0.15, -0.1) is 11.3 Å². The van der Waals surface area contributed by atoms with Crippen molar-refractivity contribution in [1.82, 2.24) is 5.32 Å². The van der Waals surface area contributed by atoms with Crippen molar-refractivity contribution in [1.29, 1.82) is 0 Å². The molecule has 0 saturated heterocycles. The highest BCUT2D eigenvalue weighted by Gasteiger charge is 2.14. The number of fused-ring (bicyclic) bond motifs is 2. The lowest BCUT2D eigenvalue weighted by Crippen LogP contribution is -2.24. The van der Waals surface area contributed by atoms with E-state index >= 15 is 0 Å². The second-order valence-electron chi connectivity index (χ2n) is 5.59. The number of benzene rings is 1. The average molecular weight is 259 g/mol. The minimum atomic E-state index is 0.583. The maximum absolute atomic E-state index is 3.51. The number of nitrogens with one attached hydrogen (secondary N) is 1. The largest absolute Gasteiger partial charge is 0.314 e. The van der Waals surface area contributed by atoms with Crippen LogP contribution in [0, 0.1) is 0 Å². The molecular formula is C16H21NS. The number of rotatable bonds is 4. The summed E-state index contributed by atoms with van der Waals surface area (Å²) < 4.78 is 1.48. The second kappa shape index (κ2) is 5.02. The second-order valence-corrected chi connectivity index (χ2v) is 6.50. The first-order valence-electron chi connectivity index (χ1n) is 6.99. The highest BCUT2D eigenvalue weighted by molar-refractivity contribution is 7.17. The third kappa shape index (κ3) is 2.32. The fourth-order valence-electron chi connectivity index (χ4n) is 2.84. The van der Waals surface area contributed by atoms with Crippen molar-refractivity contribution in [3.8, 4) is 0 Å². The molecule has 0 fully saturated rings. The molecule has 0 bridgehead atoms. The quantitative estimate of drug-likeness (QED) is 0.877. The van der Waals surface area contributed by atoms with Gasteiger partial charge in [0.15, 0.2) is 0 Å². The molecule has 1 aliphatic carbocycles. The van der Waals surface area contributed by atoms with Crippen LogP contribution in [0.1, 0.15) is 37.0 Å². The summed E-state index contributed by atoms with van der Waals surface area (Å²) >= 11 is 1.91. The molecule has 96 valence electrons. The summed E-state index contributed by atoms with van der Waals surface area (Å²) in [7, 11) is 0. The summed E-state index contributed by atoms with van der Waals surface area (Å²) in [5.74, 6) is 0. The van der Waals surface area contributed by atoms with E-state index in [9.17, 15) is 0 Å². The van der Waals surface area contributed by atoms with Gasteiger partial charge in [-0.3, -0.25) is 0 Å². The molecule has 1 aromatic heterocycles. The van der Waals surface area contributed by atoms with Crippen molar-refractivity contribution in [3.63, 3.8) is 0 Å². The summed E-state index contributed by atoms with van der Waals surface area (Å²) in [4.78, 5) is 0. The van der Waals surface area contributed by atoms with Crippen LogP contribution in [0.4, 0.5) is 0 Å². The topological polar surface area (TPSA) is 12.0 Å². The van der Waals surface area contributed by atoms with E-state index in [0.29, 0.717) is 6.04 Å². The zero-order valence-electron chi connectivity index (χ0n) is 11.3. The van der Waals surface area contributed by atoms with E-state index in [2.05, 4.69) is 36.7 Å². The van der Waals surface area contributed by atoms with E-state index in [-0.39, 0.29) is 0 Å². The molecule has 2 aromatic rings. The Bertz CT molecular complexity index is 553. The molecule has 0 spiro atoms. The van der Waals surface area contributed by atoms with Crippen molar-refractivity contribution < 1.29 is 0 Å². The molecule has 0 unspecified atom stereocenters. The van der Waals surface area contributed by atoms with Gasteiger partial charge < -0.3 is 5.32 Å². The maximum atomic E-state index is 3.51. The molecule has 1 aromatic carbocycles. The Kier molecular flexibility index (Phi) is 3.40. The third-order valence-corrected chi connectivity index (χ3v) is 4.81. The van der Waals surface area contributed by atoms with Gasteiger partial charge in [-0.25, -0.2) is 0 Å². The Morgan fingerprint density at radius 1 is 1.22 bits per heavy atom. The van der Waals surface area contributed by atoms with Gasteiger partial charge in [0, 0.05) is 10.7 Å². The molecule has 0 atom stereocenters. The first kappa shape index (κ1) is 12.2. The van der Waals surface area contributed by atoms with Crippen molar-refractivity contribution in [2.75, 3.05) is 6.54 Å². The molecule has 3 rings (SSSR count). The predicted molar refractivity (Wildman–Crippen MR) is 80.7 cm³/mol. The van der Waals surface area contributed by atoms with Gasteiger partial charge in [-0.05, 0) is 71.8 Å². The lowest BCUT2D eigenvalue weighted by Gasteiger charge is -2.07. The summed E-state index contributed by atoms with van der Waals surface area (Å²) in [6, 6.07) is 5.47. The molecule has 0 radical (unpaired) electrons. The third-order valence-electron chi connectivity index (χ3n) is 3.82. The van der Waals surface area contributed by atoms with Crippen LogP contribution in [-0.2, 0) is 19.3 Å². The van der Waals surface area contributed by atoms with Crippen molar-refractivity contribution >= 4 is 21.4 Å². The smallest absolute Gasteiger partial charge is 0.0348 e. The fourth-order valence-corrected chi connectivity index (χ4v) is 3.88. The molecular weight excluding hydrogens is 238 g/mol. The molecule has 0 amide bonds. The molecule has 1 heterocycles. The van der Waals surface area contributed by atoms with Crippen LogP contribution in [0.5, 0.6) is 0 Å². The molecule has 0 aliphatic heterocycles. The van der Waals surface area contributed by atoms with Crippen LogP contribution in [-0.4, -0.2) is 12.6 Å². The predicted octanol–water partition coefficient (Wildman–Crippen LogP) is 3.93. The van der Waals surface area contributed by atoms with Gasteiger partial charge in [0.1, 0.15) is 0 Å². The standard InChI is InChI=1S/C16H21NS/c1-11(2)17-7-6-14-10-18-16-9-13-5-3-4-12(13)8-15(14)16/h8-11,17H,3-7H2,1-2H3. The van der Waals surface area contributed by atoms with Gasteiger partial charge in [0.25, 0.3) is 0 Å². The molecule has 1 aliphatic rings. The van der Waals surface area contributed by atoms with Gasteiger partial charge >= 0.3 is 0 Å². The van der Waals surface area contributed by atoms with E-state index in [1.807, 2.05) is 11.3 Å². The zero-order valence-corrected chi connectivity index (χ0v) is 12.1. The molecule has 1 N–H and O–H groups in total. The van der Waals surface area contributed by atoms with E-state index in [1.54, 1.807) is 11.1 Å². The first-order chi connectivity index (χ1) is 8.74. The zero-order chi connectivity index (χ0) is 12.5. The summed E-state index contributed by atoms with van der Waals surface area (Å²) in [5, 5.41) is 7.36. The number of aryl methyl sites for hydroxylation is 2. The van der Waals surface area contributed by atoms with Crippen molar-refractivity contribution in [2.24, 2.45) is 0 Å². The number of hydrogen-bond acceptors (Lipinski definition) is 2. The highest BCUT2D eigenvalue weighted by Crippen LogP contribution is 2.33. The summed E-state index contributed by atoms with van der Waals surface area (Å²) in [6.45, 7) is 5.50. The average Bonchev–Trinajstić information content (AvgIpc) is 2.92. The van der Waals surface area contributed by atoms with E-state index in [1.165, 1.54) is 34.9 Å². The van der Waals surface area contributed by atoms with Crippen LogP contribution in [0.25, 0.3) is 10.1 Å². The highest BCUT2D eigenvalue weighted by atomic mass is 32.1. The summed E-state index contributed by atoms with van der Waals surface area (Å²) in [5.41, 5.74) is 4.72. The molecule has 1 nitrogen and oxygen atoms in total. The number of thiophene rings is 1. The van der Waals surface area contributed by atoms with Crippen LogP contribution in [0.15, 0.2) is 17.5 Å². The fraction of sp³-hybridized carbons (Fsp3) is 0.500. The summed E-state index contributed by atoms with van der Waals surface area (Å²) in [6.07, 6.45) is 5.06. The minimum absolute atomic E-state index is 0.583. The van der Waals surface area contributed by atoms with Crippen LogP contribution in [0.3, 0.4) is 0 Å². The minimum Gasteiger partial charge on any atom is -0.314 e. The monoisotopic (exact) mass is 259 g/mol. The Labute approximate surface area is 113 Å². The number of hydrogen-bond donors (Lipinski definition) is 1. The van der Waals surface area contributed by atoms with Gasteiger partial charge in [0.05, 0.1) is 0 Å². The van der Waals surface area contributed by atoms with Crippen molar-refractivity contribution in [3.05, 3.63) is 34.2 Å². The van der Waals surface area contributed by atoms with Crippen LogP contribution in [0.2, 0.25) is 0 Å². The normalized spacial score (nSPS) is 14.6. The Balaban J connectivity index is 1.85. The Morgan fingerprint density at radius 3 is 2.78 bits per heavy atom. The first-order valence-corrected chi connectivity index (χ1v) is 7.87. The van der Waals surface area contributed by atoms with E-state index < -0.39 is 0 Å². The van der Waals surface area contributed by atoms with Crippen molar-refractivity contribution in [2.45, 2.75) is 45.6 Å². The van der Waals surface area contributed by atoms with Gasteiger partial charge in [0.2, 0.25) is 0 Å². The van der Waals surface area contributed by atoms with E-state index in [4.69, 9.17) is 0 Å². The lowest BCUT2D eigenvalue weighted by molar-refractivity contribution is 0.591. The lowest BCUT2D eigenvalue weighted by atomic mass is 10.0. The van der Waals surface area contributed by atoms with Gasteiger partial charge in [-0.1, -0.05) is 13.8 Å².